The molecule has 0 rings (SSSR count). The van der Waals surface area contributed by atoms with Crippen LogP contribution in [0.15, 0.2) is 0 Å². The molecule has 0 saturated carbocycles. The van der Waals surface area contributed by atoms with Crippen LogP contribution in [0.4, 0.5) is 13.2 Å². The zero-order valence-corrected chi connectivity index (χ0v) is 10.0. The van der Waals surface area contributed by atoms with Crippen molar-refractivity contribution in [2.75, 3.05) is 46.5 Å². The Morgan fingerprint density at radius 3 is 1.35 bits per heavy atom. The van der Waals surface area contributed by atoms with Crippen molar-refractivity contribution < 1.29 is 31.8 Å². The fraction of sp³-hybridized carbons (Fsp3) is 1.00. The fourth-order valence-corrected chi connectivity index (χ4v) is 1.12. The van der Waals surface area contributed by atoms with Gasteiger partial charge in [0.1, 0.15) is 20.0 Å². The Hall–Kier alpha value is -0.305. The zero-order valence-electron chi connectivity index (χ0n) is 10.0. The summed E-state index contributed by atoms with van der Waals surface area (Å²) >= 11 is 0. The average Bonchev–Trinajstić information content (AvgIpc) is 2.37. The first-order chi connectivity index (χ1) is 8.24. The molecule has 0 aromatic rings. The Balaban J connectivity index is 4.39. The lowest BCUT2D eigenvalue weighted by atomic mass is 10.0. The van der Waals surface area contributed by atoms with Gasteiger partial charge in [-0.3, -0.25) is 0 Å². The van der Waals surface area contributed by atoms with Crippen molar-refractivity contribution in [3.8, 4) is 0 Å². The summed E-state index contributed by atoms with van der Waals surface area (Å²) in [6.07, 6.45) is 0.639. The molecular weight excluding hydrogens is 240 g/mol. The summed E-state index contributed by atoms with van der Waals surface area (Å²) in [5, 5.41) is 0. The molecule has 0 atom stereocenters. The maximum atomic E-state index is 12.1. The minimum atomic E-state index is -2.73. The van der Waals surface area contributed by atoms with E-state index in [-0.39, 0.29) is 26.4 Å². The predicted molar refractivity (Wildman–Crippen MR) is 57.8 cm³/mol. The van der Waals surface area contributed by atoms with E-state index in [1.54, 1.807) is 0 Å². The van der Waals surface area contributed by atoms with E-state index in [1.165, 1.54) is 0 Å². The highest BCUT2D eigenvalue weighted by molar-refractivity contribution is 6.53. The molecule has 0 bridgehead atoms. The van der Waals surface area contributed by atoms with E-state index < -0.39 is 27.0 Å². The number of halogens is 3. The normalized spacial score (nSPS) is 12.0. The van der Waals surface area contributed by atoms with Crippen LogP contribution in [0, 0.1) is 0 Å². The van der Waals surface area contributed by atoms with Gasteiger partial charge in [0.05, 0.1) is 0 Å². The molecule has 17 heavy (non-hydrogen) atoms. The third-order valence-corrected chi connectivity index (χ3v) is 1.72. The molecule has 0 aromatic heterocycles. The van der Waals surface area contributed by atoms with E-state index in [0.717, 1.165) is 0 Å². The Bertz CT molecular complexity index is 139. The summed E-state index contributed by atoms with van der Waals surface area (Å²) in [6, 6.07) is 0. The molecule has 0 heterocycles. The maximum Gasteiger partial charge on any atom is 0.531 e. The van der Waals surface area contributed by atoms with Gasteiger partial charge in [-0.25, -0.2) is 13.2 Å². The van der Waals surface area contributed by atoms with Crippen LogP contribution in [0.5, 0.6) is 0 Å². The van der Waals surface area contributed by atoms with E-state index in [2.05, 4.69) is 0 Å². The number of alkyl halides is 3. The third-order valence-electron chi connectivity index (χ3n) is 1.72. The molecule has 0 amide bonds. The van der Waals surface area contributed by atoms with Crippen molar-refractivity contribution in [1.82, 2.24) is 0 Å². The molecule has 0 spiro atoms. The Kier molecular flexibility index (Phi) is 10.6. The second-order valence-corrected chi connectivity index (χ2v) is 3.13. The number of hydrogen-bond donors (Lipinski definition) is 0. The largest absolute Gasteiger partial charge is 0.531 e. The Morgan fingerprint density at radius 2 is 1.06 bits per heavy atom. The molecule has 0 fully saturated rings. The Labute approximate surface area is 99.4 Å². The van der Waals surface area contributed by atoms with Gasteiger partial charge in [-0.05, 0) is 6.42 Å². The predicted octanol–water partition coefficient (Wildman–Crippen LogP) is 1.81. The summed E-state index contributed by atoms with van der Waals surface area (Å²) in [7, 11) is 0. The molecule has 104 valence electrons. The molecular formula is C9H19BF3O4-. The summed E-state index contributed by atoms with van der Waals surface area (Å²) in [6.45, 7) is -3.92. The van der Waals surface area contributed by atoms with Crippen molar-refractivity contribution >= 4 is 6.96 Å². The van der Waals surface area contributed by atoms with Crippen LogP contribution in [0.25, 0.3) is 0 Å². The van der Waals surface area contributed by atoms with Gasteiger partial charge < -0.3 is 18.6 Å². The van der Waals surface area contributed by atoms with E-state index in [9.17, 15) is 13.2 Å². The summed E-state index contributed by atoms with van der Waals surface area (Å²) in [4.78, 5) is 0. The molecule has 0 aromatic carbocycles. The molecule has 8 heteroatoms. The Morgan fingerprint density at radius 1 is 0.706 bits per heavy atom. The summed E-state index contributed by atoms with van der Waals surface area (Å²) in [5.74, 6) is 0. The first kappa shape index (κ1) is 16.7. The maximum absolute atomic E-state index is 12.1. The molecule has 0 unspecified atom stereocenters. The highest BCUT2D eigenvalue weighted by Crippen LogP contribution is 2.13. The fourth-order valence-electron chi connectivity index (χ4n) is 1.12. The van der Waals surface area contributed by atoms with Crippen LogP contribution in [-0.4, -0.2) is 53.4 Å². The van der Waals surface area contributed by atoms with Crippen molar-refractivity contribution in [3.05, 3.63) is 0 Å². The lowest BCUT2D eigenvalue weighted by Gasteiger charge is -2.40. The quantitative estimate of drug-likeness (QED) is 0.501. The molecule has 4 nitrogen and oxygen atoms in total. The van der Waals surface area contributed by atoms with Crippen LogP contribution in [0.2, 0.25) is 0 Å². The van der Waals surface area contributed by atoms with Gasteiger partial charge >= 0.3 is 6.96 Å². The molecule has 0 aliphatic carbocycles. The smallest absolute Gasteiger partial charge is 0.518 e. The van der Waals surface area contributed by atoms with Crippen LogP contribution >= 0.6 is 0 Å². The standard InChI is InChI=1S/C9H19BF3O4/c1-2-6-14-10(15-7-3-11,16-8-4-12)17-9-5-13/h2-9H2,1H3/q-1. The van der Waals surface area contributed by atoms with Gasteiger partial charge in [0, 0.05) is 26.4 Å². The SMILES string of the molecule is CCCO[B-](OCCF)(OCCF)OCCF. The lowest BCUT2D eigenvalue weighted by molar-refractivity contribution is -0.0406. The topological polar surface area (TPSA) is 36.9 Å². The average molecular weight is 259 g/mol. The highest BCUT2D eigenvalue weighted by atomic mass is 19.1. The van der Waals surface area contributed by atoms with Crippen molar-refractivity contribution in [1.29, 1.82) is 0 Å². The van der Waals surface area contributed by atoms with E-state index in [0.29, 0.717) is 6.42 Å². The number of hydrogen-bond acceptors (Lipinski definition) is 4. The van der Waals surface area contributed by atoms with Crippen LogP contribution in [0.3, 0.4) is 0 Å². The molecule has 0 aliphatic heterocycles. The van der Waals surface area contributed by atoms with Crippen LogP contribution in [0.1, 0.15) is 13.3 Å². The lowest BCUT2D eigenvalue weighted by Crippen LogP contribution is -2.50. The van der Waals surface area contributed by atoms with Crippen molar-refractivity contribution in [2.24, 2.45) is 0 Å². The molecule has 0 N–H and O–H groups in total. The van der Waals surface area contributed by atoms with Gasteiger partial charge in [0.2, 0.25) is 0 Å². The van der Waals surface area contributed by atoms with Gasteiger partial charge in [-0.1, -0.05) is 6.92 Å². The monoisotopic (exact) mass is 259 g/mol. The molecule has 0 radical (unpaired) electrons. The molecule has 0 aliphatic rings. The minimum absolute atomic E-state index is 0.227. The minimum Gasteiger partial charge on any atom is -0.518 e. The van der Waals surface area contributed by atoms with Gasteiger partial charge in [-0.2, -0.15) is 0 Å². The van der Waals surface area contributed by atoms with Gasteiger partial charge in [-0.15, -0.1) is 0 Å². The van der Waals surface area contributed by atoms with Crippen molar-refractivity contribution in [3.63, 3.8) is 0 Å². The second kappa shape index (κ2) is 10.8. The second-order valence-electron chi connectivity index (χ2n) is 3.13. The number of rotatable bonds is 12. The van der Waals surface area contributed by atoms with E-state index in [1.807, 2.05) is 6.92 Å². The van der Waals surface area contributed by atoms with Crippen molar-refractivity contribution in [2.45, 2.75) is 13.3 Å². The van der Waals surface area contributed by atoms with E-state index in [4.69, 9.17) is 18.6 Å². The highest BCUT2D eigenvalue weighted by Gasteiger charge is 2.32. The first-order valence-corrected chi connectivity index (χ1v) is 5.61. The first-order valence-electron chi connectivity index (χ1n) is 5.61. The summed E-state index contributed by atoms with van der Waals surface area (Å²) < 4.78 is 56.3. The van der Waals surface area contributed by atoms with Gasteiger partial charge in [0.15, 0.2) is 0 Å². The zero-order chi connectivity index (χ0) is 13.0. The summed E-state index contributed by atoms with van der Waals surface area (Å²) in [5.41, 5.74) is 0. The third kappa shape index (κ3) is 7.59. The molecule has 0 saturated heterocycles. The van der Waals surface area contributed by atoms with Gasteiger partial charge in [0.25, 0.3) is 0 Å². The van der Waals surface area contributed by atoms with E-state index >= 15 is 0 Å². The van der Waals surface area contributed by atoms with Crippen LogP contribution < -0.4 is 0 Å². The van der Waals surface area contributed by atoms with Crippen LogP contribution in [-0.2, 0) is 18.6 Å².